The van der Waals surface area contributed by atoms with Gasteiger partial charge in [-0.2, -0.15) is 0 Å². The number of tetrazole rings is 1. The van der Waals surface area contributed by atoms with Gasteiger partial charge in [0.25, 0.3) is 0 Å². The zero-order valence-corrected chi connectivity index (χ0v) is 11.1. The third-order valence-corrected chi connectivity index (χ3v) is 3.35. The molecule has 0 radical (unpaired) electrons. The maximum atomic E-state index is 6.12. The zero-order valence-electron chi connectivity index (χ0n) is 11.1. The number of hydrogen-bond acceptors (Lipinski definition) is 4. The van der Waals surface area contributed by atoms with Gasteiger partial charge in [0.05, 0.1) is 6.04 Å². The van der Waals surface area contributed by atoms with Gasteiger partial charge in [-0.05, 0) is 41.8 Å². The molecule has 0 aliphatic heterocycles. The average molecular weight is 245 g/mol. The molecule has 1 aromatic heterocycles. The van der Waals surface area contributed by atoms with Crippen molar-refractivity contribution >= 4 is 5.69 Å². The Kier molecular flexibility index (Phi) is 3.60. The van der Waals surface area contributed by atoms with Crippen LogP contribution in [0.1, 0.15) is 38.3 Å². The maximum Gasteiger partial charge on any atom is 0.184 e. The van der Waals surface area contributed by atoms with Gasteiger partial charge in [0.1, 0.15) is 0 Å². The van der Waals surface area contributed by atoms with Gasteiger partial charge in [-0.15, -0.1) is 5.10 Å². The summed E-state index contributed by atoms with van der Waals surface area (Å²) in [6.45, 7) is 6.27. The zero-order chi connectivity index (χ0) is 13.1. The van der Waals surface area contributed by atoms with Gasteiger partial charge in [-0.3, -0.25) is 0 Å². The predicted molar refractivity (Wildman–Crippen MR) is 72.0 cm³/mol. The van der Waals surface area contributed by atoms with E-state index in [1.807, 2.05) is 29.8 Å². The van der Waals surface area contributed by atoms with Crippen LogP contribution in [-0.2, 0) is 0 Å². The molecule has 0 spiro atoms. The topological polar surface area (TPSA) is 69.6 Å². The molecule has 0 fully saturated rings. The highest BCUT2D eigenvalue weighted by molar-refractivity contribution is 5.74. The molecule has 96 valence electrons. The van der Waals surface area contributed by atoms with E-state index in [1.54, 1.807) is 0 Å². The van der Waals surface area contributed by atoms with Crippen LogP contribution in [-0.4, -0.2) is 20.2 Å². The van der Waals surface area contributed by atoms with Crippen molar-refractivity contribution in [3.8, 4) is 11.4 Å². The summed E-state index contributed by atoms with van der Waals surface area (Å²) in [6, 6.07) is 6.25. The minimum Gasteiger partial charge on any atom is -0.398 e. The number of nitrogens with two attached hydrogens (primary N) is 1. The second-order valence-electron chi connectivity index (χ2n) is 4.45. The van der Waals surface area contributed by atoms with Crippen molar-refractivity contribution in [2.75, 3.05) is 5.73 Å². The molecule has 2 N–H and O–H groups in total. The van der Waals surface area contributed by atoms with Crippen LogP contribution in [0.2, 0.25) is 0 Å². The van der Waals surface area contributed by atoms with Crippen LogP contribution in [0, 0.1) is 6.92 Å². The molecular weight excluding hydrogens is 226 g/mol. The molecule has 5 heteroatoms. The van der Waals surface area contributed by atoms with E-state index in [2.05, 4.69) is 29.4 Å². The highest BCUT2D eigenvalue weighted by Gasteiger charge is 2.17. The van der Waals surface area contributed by atoms with Crippen molar-refractivity contribution in [2.45, 2.75) is 39.7 Å². The molecule has 18 heavy (non-hydrogen) atoms. The van der Waals surface area contributed by atoms with Crippen molar-refractivity contribution in [3.63, 3.8) is 0 Å². The molecule has 2 rings (SSSR count). The third-order valence-electron chi connectivity index (χ3n) is 3.35. The van der Waals surface area contributed by atoms with Crippen LogP contribution in [0.4, 0.5) is 5.69 Å². The fourth-order valence-electron chi connectivity index (χ4n) is 2.13. The number of aromatic nitrogens is 4. The van der Waals surface area contributed by atoms with Crippen LogP contribution in [0.3, 0.4) is 0 Å². The fraction of sp³-hybridized carbons (Fsp3) is 0.462. The fourth-order valence-corrected chi connectivity index (χ4v) is 2.13. The maximum absolute atomic E-state index is 6.12. The van der Waals surface area contributed by atoms with Crippen molar-refractivity contribution in [2.24, 2.45) is 0 Å². The number of nitrogens with zero attached hydrogens (tertiary/aromatic N) is 4. The monoisotopic (exact) mass is 245 g/mol. The largest absolute Gasteiger partial charge is 0.398 e. The Bertz CT molecular complexity index is 528. The van der Waals surface area contributed by atoms with E-state index in [0.29, 0.717) is 6.04 Å². The smallest absolute Gasteiger partial charge is 0.184 e. The number of hydrogen-bond donors (Lipinski definition) is 1. The van der Waals surface area contributed by atoms with Crippen molar-refractivity contribution in [3.05, 3.63) is 23.8 Å². The van der Waals surface area contributed by atoms with Crippen LogP contribution in [0.5, 0.6) is 0 Å². The number of benzene rings is 1. The molecule has 1 aromatic carbocycles. The first-order valence-corrected chi connectivity index (χ1v) is 6.32. The summed E-state index contributed by atoms with van der Waals surface area (Å²) < 4.78 is 1.88. The van der Waals surface area contributed by atoms with Crippen molar-refractivity contribution < 1.29 is 0 Å². The predicted octanol–water partition coefficient (Wildman–Crippen LogP) is 2.59. The first-order valence-electron chi connectivity index (χ1n) is 6.32. The lowest BCUT2D eigenvalue weighted by atomic mass is 10.1. The van der Waals surface area contributed by atoms with Gasteiger partial charge in [-0.25, -0.2) is 4.68 Å². The van der Waals surface area contributed by atoms with E-state index in [-0.39, 0.29) is 0 Å². The van der Waals surface area contributed by atoms with Crippen LogP contribution in [0.25, 0.3) is 11.4 Å². The van der Waals surface area contributed by atoms with E-state index in [1.165, 1.54) is 0 Å². The standard InChI is InChI=1S/C13H19N5/c1-4-10(5-2)18-13(15-16-17-18)11-8-6-7-9(3)12(11)14/h6-8,10H,4-5,14H2,1-3H3. The van der Waals surface area contributed by atoms with Gasteiger partial charge >= 0.3 is 0 Å². The van der Waals surface area contributed by atoms with E-state index in [9.17, 15) is 0 Å². The molecule has 1 heterocycles. The van der Waals surface area contributed by atoms with Gasteiger partial charge in [0, 0.05) is 11.3 Å². The number of aryl methyl sites for hydroxylation is 1. The summed E-state index contributed by atoms with van der Waals surface area (Å²) >= 11 is 0. The van der Waals surface area contributed by atoms with Crippen LogP contribution in [0.15, 0.2) is 18.2 Å². The summed E-state index contributed by atoms with van der Waals surface area (Å²) in [6.07, 6.45) is 2.00. The van der Waals surface area contributed by atoms with E-state index >= 15 is 0 Å². The third kappa shape index (κ3) is 2.08. The number of para-hydroxylation sites is 1. The van der Waals surface area contributed by atoms with Crippen molar-refractivity contribution in [1.29, 1.82) is 0 Å². The molecule has 5 nitrogen and oxygen atoms in total. The molecule has 0 bridgehead atoms. The lowest BCUT2D eigenvalue weighted by Gasteiger charge is -2.15. The van der Waals surface area contributed by atoms with E-state index in [4.69, 9.17) is 5.73 Å². The second kappa shape index (κ2) is 5.16. The van der Waals surface area contributed by atoms with Crippen LogP contribution < -0.4 is 5.73 Å². The normalized spacial score (nSPS) is 11.1. The highest BCUT2D eigenvalue weighted by atomic mass is 15.5. The number of anilines is 1. The van der Waals surface area contributed by atoms with E-state index in [0.717, 1.165) is 35.5 Å². The first kappa shape index (κ1) is 12.5. The lowest BCUT2D eigenvalue weighted by Crippen LogP contribution is -2.11. The van der Waals surface area contributed by atoms with E-state index < -0.39 is 0 Å². The quantitative estimate of drug-likeness (QED) is 0.840. The van der Waals surface area contributed by atoms with Crippen molar-refractivity contribution in [1.82, 2.24) is 20.2 Å². The molecular formula is C13H19N5. The Morgan fingerprint density at radius 2 is 2.00 bits per heavy atom. The Morgan fingerprint density at radius 1 is 1.28 bits per heavy atom. The SMILES string of the molecule is CCC(CC)n1nnnc1-c1cccc(C)c1N. The molecule has 0 aliphatic rings. The number of nitrogen functional groups attached to an aromatic ring is 1. The summed E-state index contributed by atoms with van der Waals surface area (Å²) in [5.74, 6) is 0.755. The second-order valence-corrected chi connectivity index (χ2v) is 4.45. The van der Waals surface area contributed by atoms with Gasteiger partial charge in [0.2, 0.25) is 0 Å². The minimum atomic E-state index is 0.315. The Morgan fingerprint density at radius 3 is 2.67 bits per heavy atom. The highest BCUT2D eigenvalue weighted by Crippen LogP contribution is 2.28. The summed E-state index contributed by atoms with van der Waals surface area (Å²) in [7, 11) is 0. The minimum absolute atomic E-state index is 0.315. The lowest BCUT2D eigenvalue weighted by molar-refractivity contribution is 0.422. The van der Waals surface area contributed by atoms with Gasteiger partial charge in [0.15, 0.2) is 5.82 Å². The molecule has 0 unspecified atom stereocenters. The molecule has 0 atom stereocenters. The van der Waals surface area contributed by atoms with Gasteiger partial charge < -0.3 is 5.73 Å². The molecule has 2 aromatic rings. The Balaban J connectivity index is 2.52. The Labute approximate surface area is 107 Å². The van der Waals surface area contributed by atoms with Gasteiger partial charge in [-0.1, -0.05) is 26.0 Å². The molecule has 0 amide bonds. The molecule has 0 saturated heterocycles. The summed E-state index contributed by atoms with van der Waals surface area (Å²) in [4.78, 5) is 0. The molecule has 0 saturated carbocycles. The number of rotatable bonds is 4. The average Bonchev–Trinajstić information content (AvgIpc) is 2.83. The summed E-state index contributed by atoms with van der Waals surface area (Å²) in [5.41, 5.74) is 8.82. The summed E-state index contributed by atoms with van der Waals surface area (Å²) in [5, 5.41) is 12.0. The van der Waals surface area contributed by atoms with Crippen LogP contribution >= 0.6 is 0 Å². The molecule has 0 aliphatic carbocycles. The first-order chi connectivity index (χ1) is 8.69. The Hall–Kier alpha value is -1.91.